The third kappa shape index (κ3) is 5.79. The predicted molar refractivity (Wildman–Crippen MR) is 187 cm³/mol. The molecule has 0 spiro atoms. The summed E-state index contributed by atoms with van der Waals surface area (Å²) in [7, 11) is 0. The summed E-state index contributed by atoms with van der Waals surface area (Å²) in [6.07, 6.45) is 3.74. The Morgan fingerprint density at radius 1 is 0.600 bits per heavy atom. The van der Waals surface area contributed by atoms with Crippen molar-refractivity contribution in [3.63, 3.8) is 0 Å². The molecule has 7 aromatic rings. The number of hydrogen-bond donors (Lipinski definition) is 0. The highest BCUT2D eigenvalue weighted by molar-refractivity contribution is 6.04. The summed E-state index contributed by atoms with van der Waals surface area (Å²) in [5.74, 6) is 0.935. The summed E-state index contributed by atoms with van der Waals surface area (Å²) in [5.41, 5.74) is 6.80. The van der Waals surface area contributed by atoms with Gasteiger partial charge in [0, 0.05) is 11.8 Å². The number of rotatable bonds is 6. The van der Waals surface area contributed by atoms with Crippen molar-refractivity contribution in [3.8, 4) is 33.9 Å². The van der Waals surface area contributed by atoms with Gasteiger partial charge in [0.1, 0.15) is 11.4 Å². The lowest BCUT2D eigenvalue weighted by atomic mass is 9.98. The molecule has 0 fully saturated rings. The molecule has 5 nitrogen and oxygen atoms in total. The first kappa shape index (κ1) is 27.7. The number of fused-ring (bicyclic) bond motifs is 2. The van der Waals surface area contributed by atoms with Gasteiger partial charge in [-0.2, -0.15) is 0 Å². The highest BCUT2D eigenvalue weighted by Gasteiger charge is 2.15. The molecule has 0 radical (unpaired) electrons. The maximum atomic E-state index is 5.00. The lowest BCUT2D eigenvalue weighted by Gasteiger charge is -2.11. The van der Waals surface area contributed by atoms with E-state index in [1.807, 2.05) is 91.9 Å². The topological polar surface area (TPSA) is 63.4 Å². The molecule has 2 aromatic heterocycles. The van der Waals surface area contributed by atoms with Crippen LogP contribution in [0, 0.1) is 0 Å². The third-order valence-corrected chi connectivity index (χ3v) is 7.77. The Balaban J connectivity index is 1.40. The second-order valence-corrected chi connectivity index (χ2v) is 10.7. The maximum absolute atomic E-state index is 5.00. The van der Waals surface area contributed by atoms with Gasteiger partial charge < -0.3 is 0 Å². The Labute approximate surface area is 262 Å². The number of hydrogen-bond acceptors (Lipinski definition) is 4. The van der Waals surface area contributed by atoms with E-state index in [0.717, 1.165) is 39.0 Å². The largest absolute Gasteiger partial charge is 0.243 e. The van der Waals surface area contributed by atoms with Crippen molar-refractivity contribution in [3.05, 3.63) is 157 Å². The normalized spacial score (nSPS) is 12.0. The van der Waals surface area contributed by atoms with Gasteiger partial charge in [0.15, 0.2) is 11.7 Å². The molecule has 0 bridgehead atoms. The highest BCUT2D eigenvalue weighted by atomic mass is 15.0. The molecule has 0 saturated heterocycles. The quantitative estimate of drug-likeness (QED) is 0.112. The van der Waals surface area contributed by atoms with Crippen molar-refractivity contribution in [2.24, 2.45) is 9.98 Å². The Kier molecular flexibility index (Phi) is 7.57. The van der Waals surface area contributed by atoms with Gasteiger partial charge in [0.05, 0.1) is 11.4 Å². The monoisotopic (exact) mass is 579 g/mol. The number of aromatic nitrogens is 3. The molecular weight excluding hydrogens is 550 g/mol. The van der Waals surface area contributed by atoms with Crippen molar-refractivity contribution < 1.29 is 0 Å². The molecule has 214 valence electrons. The maximum Gasteiger partial charge on any atom is 0.178 e. The number of amidine groups is 1. The van der Waals surface area contributed by atoms with Gasteiger partial charge in [0.2, 0.25) is 0 Å². The molecule has 45 heavy (non-hydrogen) atoms. The highest BCUT2D eigenvalue weighted by Crippen LogP contribution is 2.31. The molecule has 0 atom stereocenters. The van der Waals surface area contributed by atoms with Crippen molar-refractivity contribution in [2.75, 3.05) is 0 Å². The second-order valence-electron chi connectivity index (χ2n) is 10.7. The van der Waals surface area contributed by atoms with E-state index in [1.54, 1.807) is 6.20 Å². The Morgan fingerprint density at radius 3 is 2.02 bits per heavy atom. The number of allylic oxidation sites excluding steroid dienone is 1. The summed E-state index contributed by atoms with van der Waals surface area (Å²) in [4.78, 5) is 23.8. The first-order valence-electron chi connectivity index (χ1n) is 14.8. The van der Waals surface area contributed by atoms with E-state index in [0.29, 0.717) is 23.0 Å². The predicted octanol–water partition coefficient (Wildman–Crippen LogP) is 9.69. The van der Waals surface area contributed by atoms with Crippen LogP contribution in [0.15, 0.2) is 156 Å². The lowest BCUT2D eigenvalue weighted by Crippen LogP contribution is -2.04. The van der Waals surface area contributed by atoms with Gasteiger partial charge in [-0.1, -0.05) is 103 Å². The second kappa shape index (κ2) is 12.3. The Bertz CT molecular complexity index is 2240. The van der Waals surface area contributed by atoms with Crippen molar-refractivity contribution in [1.82, 2.24) is 15.0 Å². The summed E-state index contributed by atoms with van der Waals surface area (Å²) in [5, 5.41) is 4.76. The SMILES string of the molecule is C=NC(=N/C(=C\C)c1ccccc1)c1cc(-c2ccc3cc4ccccc4cc3c2)cc(-c2nccc(-c3ccccc3)n2)n1. The van der Waals surface area contributed by atoms with Gasteiger partial charge >= 0.3 is 0 Å². The fourth-order valence-electron chi connectivity index (χ4n) is 5.49. The standard InChI is InChI=1S/C40H29N5/c1-3-35(27-12-6-4-7-13-27)44-39(41-2)37-25-34(32-19-18-31-22-29-16-10-11-17-30(29)23-33(31)24-32)26-38(43-37)40-42-21-20-36(45-40)28-14-8-5-9-15-28/h3-26H,2H2,1H3/b35-3-,44-39?. The molecule has 0 aliphatic carbocycles. The molecule has 0 N–H and O–H groups in total. The van der Waals surface area contributed by atoms with E-state index in [1.165, 1.54) is 16.2 Å². The van der Waals surface area contributed by atoms with E-state index in [-0.39, 0.29) is 0 Å². The zero-order chi connectivity index (χ0) is 30.6. The van der Waals surface area contributed by atoms with Crippen LogP contribution < -0.4 is 0 Å². The number of pyridine rings is 1. The van der Waals surface area contributed by atoms with Crippen LogP contribution in [0.3, 0.4) is 0 Å². The van der Waals surface area contributed by atoms with E-state index in [2.05, 4.69) is 71.3 Å². The molecule has 0 aliphatic rings. The van der Waals surface area contributed by atoms with Crippen LogP contribution in [0.5, 0.6) is 0 Å². The first-order valence-corrected chi connectivity index (χ1v) is 14.8. The van der Waals surface area contributed by atoms with Crippen LogP contribution in [0.1, 0.15) is 18.2 Å². The summed E-state index contributed by atoms with van der Waals surface area (Å²) < 4.78 is 0. The molecule has 0 amide bonds. The van der Waals surface area contributed by atoms with E-state index in [4.69, 9.17) is 15.0 Å². The summed E-state index contributed by atoms with van der Waals surface area (Å²) in [6.45, 7) is 5.83. The number of benzene rings is 5. The van der Waals surface area contributed by atoms with E-state index < -0.39 is 0 Å². The van der Waals surface area contributed by atoms with Gasteiger partial charge in [-0.05, 0) is 88.3 Å². The molecule has 0 aliphatic heterocycles. The smallest absolute Gasteiger partial charge is 0.178 e. The van der Waals surface area contributed by atoms with Crippen molar-refractivity contribution in [1.29, 1.82) is 0 Å². The third-order valence-electron chi connectivity index (χ3n) is 7.77. The van der Waals surface area contributed by atoms with Crippen LogP contribution in [-0.4, -0.2) is 27.5 Å². The van der Waals surface area contributed by atoms with Gasteiger partial charge in [-0.3, -0.25) is 0 Å². The minimum absolute atomic E-state index is 0.418. The fourth-order valence-corrected chi connectivity index (χ4v) is 5.49. The van der Waals surface area contributed by atoms with Crippen LogP contribution in [0.25, 0.3) is 61.1 Å². The molecule has 5 aromatic carbocycles. The number of nitrogens with zero attached hydrogens (tertiary/aromatic N) is 5. The molecule has 5 heteroatoms. The molecule has 0 saturated carbocycles. The first-order chi connectivity index (χ1) is 22.2. The summed E-state index contributed by atoms with van der Waals surface area (Å²) in [6, 6.07) is 45.5. The fraction of sp³-hybridized carbons (Fsp3) is 0.0250. The Hall–Kier alpha value is -6.07. The van der Waals surface area contributed by atoms with Gasteiger partial charge in [-0.15, -0.1) is 0 Å². The molecule has 7 rings (SSSR count). The zero-order valence-corrected chi connectivity index (χ0v) is 24.8. The number of aliphatic imine (C=N–C) groups is 2. The van der Waals surface area contributed by atoms with Gasteiger partial charge in [-0.25, -0.2) is 24.9 Å². The van der Waals surface area contributed by atoms with E-state index >= 15 is 0 Å². The van der Waals surface area contributed by atoms with Crippen LogP contribution in [0.4, 0.5) is 0 Å². The van der Waals surface area contributed by atoms with Crippen LogP contribution in [0.2, 0.25) is 0 Å². The van der Waals surface area contributed by atoms with E-state index in [9.17, 15) is 0 Å². The minimum Gasteiger partial charge on any atom is -0.243 e. The van der Waals surface area contributed by atoms with Crippen LogP contribution >= 0.6 is 0 Å². The molecule has 0 unspecified atom stereocenters. The summed E-state index contributed by atoms with van der Waals surface area (Å²) >= 11 is 0. The van der Waals surface area contributed by atoms with Crippen molar-refractivity contribution >= 4 is 39.8 Å². The average molecular weight is 580 g/mol. The van der Waals surface area contributed by atoms with Crippen LogP contribution in [-0.2, 0) is 0 Å². The lowest BCUT2D eigenvalue weighted by molar-refractivity contribution is 1.14. The minimum atomic E-state index is 0.418. The Morgan fingerprint density at radius 2 is 1.29 bits per heavy atom. The molecule has 2 heterocycles. The average Bonchev–Trinajstić information content (AvgIpc) is 3.11. The van der Waals surface area contributed by atoms with Gasteiger partial charge in [0.25, 0.3) is 0 Å². The van der Waals surface area contributed by atoms with Crippen molar-refractivity contribution in [2.45, 2.75) is 6.92 Å². The molecular formula is C40H29N5. The zero-order valence-electron chi connectivity index (χ0n) is 24.8.